The summed E-state index contributed by atoms with van der Waals surface area (Å²) < 4.78 is 24.3. The molecule has 0 fully saturated rings. The normalized spacial score (nSPS) is 11.2. The van der Waals surface area contributed by atoms with Crippen molar-refractivity contribution in [3.63, 3.8) is 0 Å². The first kappa shape index (κ1) is 23.1. The van der Waals surface area contributed by atoms with Crippen LogP contribution >= 0.6 is 0 Å². The Bertz CT molecular complexity index is 1140. The van der Waals surface area contributed by atoms with E-state index in [1.54, 1.807) is 50.4 Å². The molecule has 1 aromatic carbocycles. The predicted octanol–water partition coefficient (Wildman–Crippen LogP) is 2.57. The van der Waals surface area contributed by atoms with Gasteiger partial charge in [-0.1, -0.05) is 18.2 Å². The molecule has 0 aliphatic carbocycles. The van der Waals surface area contributed by atoms with Crippen molar-refractivity contribution < 1.29 is 13.2 Å². The number of pyridine rings is 1. The minimum Gasteiger partial charge on any atom is -0.368 e. The van der Waals surface area contributed by atoms with Gasteiger partial charge in [0.25, 0.3) is 0 Å². The molecule has 2 heterocycles. The Kier molecular flexibility index (Phi) is 7.72. The maximum absolute atomic E-state index is 12.2. The zero-order chi connectivity index (χ0) is 23.0. The second kappa shape index (κ2) is 10.7. The standard InChI is InChI=1S/C22H26N6O3S/c1-16(2)32(30,31)18-8-6-17(7-9-18)13-22(29)25-12-11-24-20-14-21(27-15-26-20)28-19-5-3-4-10-23-19/h3-10,14-16H,11-13H2,1-2H3,(H,25,29)(H2,23,24,26,27,28). The number of carbonyl (C=O) groups excluding carboxylic acids is 1. The van der Waals surface area contributed by atoms with Crippen molar-refractivity contribution >= 4 is 33.2 Å². The molecule has 0 saturated carbocycles. The van der Waals surface area contributed by atoms with Crippen molar-refractivity contribution in [1.82, 2.24) is 20.3 Å². The van der Waals surface area contributed by atoms with E-state index in [0.717, 1.165) is 5.56 Å². The van der Waals surface area contributed by atoms with Crippen molar-refractivity contribution in [3.8, 4) is 0 Å². The maximum atomic E-state index is 12.2. The molecule has 2 aromatic heterocycles. The van der Waals surface area contributed by atoms with Crippen LogP contribution in [0.1, 0.15) is 19.4 Å². The molecule has 0 aliphatic heterocycles. The molecular formula is C22H26N6O3S. The zero-order valence-corrected chi connectivity index (χ0v) is 18.8. The molecule has 0 bridgehead atoms. The Morgan fingerprint density at radius 2 is 1.69 bits per heavy atom. The van der Waals surface area contributed by atoms with Crippen molar-refractivity contribution in [2.75, 3.05) is 23.7 Å². The summed E-state index contributed by atoms with van der Waals surface area (Å²) in [7, 11) is -3.31. The van der Waals surface area contributed by atoms with Gasteiger partial charge in [-0.25, -0.2) is 23.4 Å². The number of rotatable bonds is 10. The van der Waals surface area contributed by atoms with Crippen LogP contribution in [-0.4, -0.2) is 47.6 Å². The van der Waals surface area contributed by atoms with Gasteiger partial charge in [0.2, 0.25) is 5.91 Å². The lowest BCUT2D eigenvalue weighted by molar-refractivity contribution is -0.120. The second-order valence-electron chi connectivity index (χ2n) is 7.32. The number of hydrogen-bond donors (Lipinski definition) is 3. The Balaban J connectivity index is 1.43. The van der Waals surface area contributed by atoms with Crippen LogP contribution in [0.4, 0.5) is 17.5 Å². The van der Waals surface area contributed by atoms with E-state index in [2.05, 4.69) is 30.9 Å². The monoisotopic (exact) mass is 454 g/mol. The van der Waals surface area contributed by atoms with E-state index in [0.29, 0.717) is 30.5 Å². The molecule has 3 aromatic rings. The molecular weight excluding hydrogens is 428 g/mol. The summed E-state index contributed by atoms with van der Waals surface area (Å²) in [6.45, 7) is 4.18. The summed E-state index contributed by atoms with van der Waals surface area (Å²) >= 11 is 0. The molecule has 168 valence electrons. The van der Waals surface area contributed by atoms with Gasteiger partial charge in [0.1, 0.15) is 23.8 Å². The highest BCUT2D eigenvalue weighted by Gasteiger charge is 2.18. The maximum Gasteiger partial charge on any atom is 0.224 e. The third-order valence-corrected chi connectivity index (χ3v) is 6.75. The summed E-state index contributed by atoms with van der Waals surface area (Å²) in [6, 6.07) is 13.7. The lowest BCUT2D eigenvalue weighted by atomic mass is 10.1. The van der Waals surface area contributed by atoms with Gasteiger partial charge in [-0.15, -0.1) is 0 Å². The molecule has 3 N–H and O–H groups in total. The Hall–Kier alpha value is -3.53. The first-order valence-electron chi connectivity index (χ1n) is 10.2. The summed E-state index contributed by atoms with van der Waals surface area (Å²) in [4.78, 5) is 24.9. The molecule has 0 unspecified atom stereocenters. The summed E-state index contributed by atoms with van der Waals surface area (Å²) in [6.07, 6.45) is 3.30. The highest BCUT2D eigenvalue weighted by molar-refractivity contribution is 7.92. The average molecular weight is 455 g/mol. The molecule has 0 spiro atoms. The van der Waals surface area contributed by atoms with Crippen molar-refractivity contribution in [1.29, 1.82) is 0 Å². The van der Waals surface area contributed by atoms with Crippen LogP contribution in [0.2, 0.25) is 0 Å². The first-order chi connectivity index (χ1) is 15.3. The van der Waals surface area contributed by atoms with E-state index in [9.17, 15) is 13.2 Å². The number of hydrogen-bond acceptors (Lipinski definition) is 8. The van der Waals surface area contributed by atoms with Crippen LogP contribution in [0.25, 0.3) is 0 Å². The van der Waals surface area contributed by atoms with Crippen LogP contribution in [-0.2, 0) is 21.1 Å². The highest BCUT2D eigenvalue weighted by Crippen LogP contribution is 2.17. The molecule has 10 heteroatoms. The number of benzene rings is 1. The summed E-state index contributed by atoms with van der Waals surface area (Å²) in [5.41, 5.74) is 0.749. The number of amides is 1. The van der Waals surface area contributed by atoms with Gasteiger partial charge < -0.3 is 16.0 Å². The van der Waals surface area contributed by atoms with E-state index in [1.165, 1.54) is 6.33 Å². The Morgan fingerprint density at radius 1 is 0.938 bits per heavy atom. The zero-order valence-electron chi connectivity index (χ0n) is 17.9. The molecule has 0 radical (unpaired) electrons. The van der Waals surface area contributed by atoms with Crippen molar-refractivity contribution in [2.45, 2.75) is 30.4 Å². The molecule has 32 heavy (non-hydrogen) atoms. The number of aromatic nitrogens is 3. The minimum absolute atomic E-state index is 0.147. The van der Waals surface area contributed by atoms with Gasteiger partial charge >= 0.3 is 0 Å². The fourth-order valence-electron chi connectivity index (χ4n) is 2.80. The van der Waals surface area contributed by atoms with E-state index >= 15 is 0 Å². The van der Waals surface area contributed by atoms with E-state index in [1.807, 2.05) is 18.2 Å². The Morgan fingerprint density at radius 3 is 2.38 bits per heavy atom. The first-order valence-corrected chi connectivity index (χ1v) is 11.7. The van der Waals surface area contributed by atoms with E-state index in [-0.39, 0.29) is 17.2 Å². The minimum atomic E-state index is -3.31. The topological polar surface area (TPSA) is 126 Å². The van der Waals surface area contributed by atoms with Gasteiger partial charge in [-0.3, -0.25) is 4.79 Å². The van der Waals surface area contributed by atoms with Crippen LogP contribution in [0.5, 0.6) is 0 Å². The van der Waals surface area contributed by atoms with Gasteiger partial charge in [-0.2, -0.15) is 0 Å². The van der Waals surface area contributed by atoms with Crippen molar-refractivity contribution in [2.24, 2.45) is 0 Å². The number of nitrogens with zero attached hydrogens (tertiary/aromatic N) is 3. The van der Waals surface area contributed by atoms with Crippen LogP contribution in [0.3, 0.4) is 0 Å². The summed E-state index contributed by atoms with van der Waals surface area (Å²) in [5, 5.41) is 8.57. The molecule has 9 nitrogen and oxygen atoms in total. The van der Waals surface area contributed by atoms with Crippen LogP contribution in [0, 0.1) is 0 Å². The summed E-state index contributed by atoms with van der Waals surface area (Å²) in [5.74, 6) is 1.76. The third-order valence-electron chi connectivity index (χ3n) is 4.58. The number of nitrogens with one attached hydrogen (secondary N) is 3. The molecule has 3 rings (SSSR count). The number of carbonyl (C=O) groups is 1. The van der Waals surface area contributed by atoms with Gasteiger partial charge in [0.15, 0.2) is 9.84 Å². The molecule has 0 saturated heterocycles. The highest BCUT2D eigenvalue weighted by atomic mass is 32.2. The van der Waals surface area contributed by atoms with E-state index < -0.39 is 15.1 Å². The molecule has 0 atom stereocenters. The fraction of sp³-hybridized carbons (Fsp3) is 0.273. The number of sulfone groups is 1. The third kappa shape index (κ3) is 6.48. The Labute approximate surface area is 187 Å². The van der Waals surface area contributed by atoms with Gasteiger partial charge in [0.05, 0.1) is 16.6 Å². The van der Waals surface area contributed by atoms with Crippen LogP contribution in [0.15, 0.2) is 66.0 Å². The van der Waals surface area contributed by atoms with Crippen LogP contribution < -0.4 is 16.0 Å². The van der Waals surface area contributed by atoms with Crippen molar-refractivity contribution in [3.05, 3.63) is 66.6 Å². The molecule has 0 aliphatic rings. The SMILES string of the molecule is CC(C)S(=O)(=O)c1ccc(CC(=O)NCCNc2cc(Nc3ccccn3)ncn2)cc1. The second-order valence-corrected chi connectivity index (χ2v) is 9.82. The predicted molar refractivity (Wildman–Crippen MR) is 124 cm³/mol. The average Bonchev–Trinajstić information content (AvgIpc) is 2.78. The van der Waals surface area contributed by atoms with E-state index in [4.69, 9.17) is 0 Å². The van der Waals surface area contributed by atoms with Gasteiger partial charge in [0, 0.05) is 25.4 Å². The lowest BCUT2D eigenvalue weighted by Gasteiger charge is -2.10. The molecule has 1 amide bonds. The number of anilines is 3. The lowest BCUT2D eigenvalue weighted by Crippen LogP contribution is -2.30. The largest absolute Gasteiger partial charge is 0.368 e. The van der Waals surface area contributed by atoms with Gasteiger partial charge in [-0.05, 0) is 43.7 Å². The quantitative estimate of drug-likeness (QED) is 0.399. The smallest absolute Gasteiger partial charge is 0.224 e. The fourth-order valence-corrected chi connectivity index (χ4v) is 3.86.